The van der Waals surface area contributed by atoms with E-state index in [9.17, 15) is 4.79 Å². The van der Waals surface area contributed by atoms with Gasteiger partial charge < -0.3 is 15.4 Å². The summed E-state index contributed by atoms with van der Waals surface area (Å²) in [7, 11) is 1.64. The van der Waals surface area contributed by atoms with Crippen LogP contribution in [0.5, 0.6) is 5.75 Å². The van der Waals surface area contributed by atoms with Gasteiger partial charge in [-0.15, -0.1) is 0 Å². The zero-order valence-electron chi connectivity index (χ0n) is 12.2. The summed E-state index contributed by atoms with van der Waals surface area (Å²) in [6, 6.07) is 6.12. The predicted octanol–water partition coefficient (Wildman–Crippen LogP) is 2.63. The molecule has 2 N–H and O–H groups in total. The van der Waals surface area contributed by atoms with Gasteiger partial charge in [0.05, 0.1) is 17.3 Å². The second kappa shape index (κ2) is 5.99. The van der Waals surface area contributed by atoms with Crippen molar-refractivity contribution in [2.45, 2.75) is 25.8 Å². The number of piperidine rings is 1. The predicted molar refractivity (Wildman–Crippen MR) is 85.0 cm³/mol. The summed E-state index contributed by atoms with van der Waals surface area (Å²) in [5, 5.41) is 6.98. The molecule has 0 bridgehead atoms. The minimum atomic E-state index is 0.0720. The largest absolute Gasteiger partial charge is 0.497 e. The fraction of sp³-hybridized carbons (Fsp3) is 0.467. The highest BCUT2D eigenvalue weighted by Crippen LogP contribution is 2.30. The first-order valence-corrected chi connectivity index (χ1v) is 7.96. The standard InChI is InChI=1S/C15H19N3O2S/c1-9-7-10(5-6-16-9)14(19)18-15-17-12-4-3-11(20-2)8-13(12)21-15/h3-4,8-10,16H,5-7H2,1-2H3,(H,17,18,19). The van der Waals surface area contributed by atoms with Crippen molar-refractivity contribution in [3.05, 3.63) is 18.2 Å². The van der Waals surface area contributed by atoms with Crippen LogP contribution in [0.1, 0.15) is 19.8 Å². The summed E-state index contributed by atoms with van der Waals surface area (Å²) in [5.74, 6) is 0.952. The highest BCUT2D eigenvalue weighted by Gasteiger charge is 2.25. The second-order valence-electron chi connectivity index (χ2n) is 5.42. The van der Waals surface area contributed by atoms with Crippen LogP contribution in [0.4, 0.5) is 5.13 Å². The zero-order chi connectivity index (χ0) is 14.8. The van der Waals surface area contributed by atoms with Gasteiger partial charge in [-0.25, -0.2) is 4.98 Å². The van der Waals surface area contributed by atoms with Crippen LogP contribution in [0.25, 0.3) is 10.2 Å². The van der Waals surface area contributed by atoms with E-state index in [1.165, 1.54) is 11.3 Å². The van der Waals surface area contributed by atoms with E-state index in [0.29, 0.717) is 11.2 Å². The summed E-state index contributed by atoms with van der Waals surface area (Å²) in [6.07, 6.45) is 1.76. The number of carbonyl (C=O) groups excluding carboxylic acids is 1. The van der Waals surface area contributed by atoms with Crippen molar-refractivity contribution in [3.8, 4) is 5.75 Å². The molecule has 6 heteroatoms. The van der Waals surface area contributed by atoms with Crippen LogP contribution in [-0.4, -0.2) is 30.6 Å². The molecule has 1 aliphatic rings. The fourth-order valence-corrected chi connectivity index (χ4v) is 3.56. The van der Waals surface area contributed by atoms with Crippen molar-refractivity contribution < 1.29 is 9.53 Å². The monoisotopic (exact) mass is 305 g/mol. The number of hydrogen-bond acceptors (Lipinski definition) is 5. The number of hydrogen-bond donors (Lipinski definition) is 2. The topological polar surface area (TPSA) is 63.2 Å². The molecule has 2 unspecified atom stereocenters. The molecular weight excluding hydrogens is 286 g/mol. The first-order chi connectivity index (χ1) is 10.2. The van der Waals surface area contributed by atoms with Crippen LogP contribution in [0, 0.1) is 5.92 Å². The number of amides is 1. The van der Waals surface area contributed by atoms with E-state index in [4.69, 9.17) is 4.74 Å². The molecule has 21 heavy (non-hydrogen) atoms. The Bertz CT molecular complexity index is 655. The smallest absolute Gasteiger partial charge is 0.229 e. The average molecular weight is 305 g/mol. The third-order valence-corrected chi connectivity index (χ3v) is 4.75. The summed E-state index contributed by atoms with van der Waals surface area (Å²) < 4.78 is 6.22. The summed E-state index contributed by atoms with van der Waals surface area (Å²) in [5.41, 5.74) is 0.884. The molecule has 1 aromatic heterocycles. The van der Waals surface area contributed by atoms with E-state index in [-0.39, 0.29) is 11.8 Å². The highest BCUT2D eigenvalue weighted by atomic mass is 32.1. The van der Waals surface area contributed by atoms with E-state index in [1.807, 2.05) is 18.2 Å². The number of ether oxygens (including phenoxy) is 1. The number of nitrogens with one attached hydrogen (secondary N) is 2. The lowest BCUT2D eigenvalue weighted by atomic mass is 9.93. The van der Waals surface area contributed by atoms with E-state index >= 15 is 0 Å². The molecule has 2 aromatic rings. The van der Waals surface area contributed by atoms with Crippen LogP contribution >= 0.6 is 11.3 Å². The molecule has 0 saturated carbocycles. The molecule has 2 heterocycles. The van der Waals surface area contributed by atoms with Gasteiger partial charge in [0.15, 0.2) is 5.13 Å². The minimum absolute atomic E-state index is 0.0720. The first kappa shape index (κ1) is 14.3. The van der Waals surface area contributed by atoms with Gasteiger partial charge in [-0.05, 0) is 44.5 Å². The maximum Gasteiger partial charge on any atom is 0.229 e. The Morgan fingerprint density at radius 2 is 2.38 bits per heavy atom. The minimum Gasteiger partial charge on any atom is -0.497 e. The fourth-order valence-electron chi connectivity index (χ4n) is 2.66. The number of rotatable bonds is 3. The number of anilines is 1. The molecule has 1 aromatic carbocycles. The van der Waals surface area contributed by atoms with Crippen molar-refractivity contribution in [2.75, 3.05) is 19.0 Å². The van der Waals surface area contributed by atoms with E-state index < -0.39 is 0 Å². The van der Waals surface area contributed by atoms with Crippen molar-refractivity contribution in [1.82, 2.24) is 10.3 Å². The number of fused-ring (bicyclic) bond motifs is 1. The van der Waals surface area contributed by atoms with Crippen LogP contribution in [0.3, 0.4) is 0 Å². The Balaban J connectivity index is 1.73. The lowest BCUT2D eigenvalue weighted by molar-refractivity contribution is -0.120. The third-order valence-electron chi connectivity index (χ3n) is 3.82. The molecule has 3 rings (SSSR count). The molecule has 5 nitrogen and oxygen atoms in total. The Kier molecular flexibility index (Phi) is 4.07. The number of aromatic nitrogens is 1. The van der Waals surface area contributed by atoms with Crippen LogP contribution < -0.4 is 15.4 Å². The van der Waals surface area contributed by atoms with Gasteiger partial charge in [-0.3, -0.25) is 4.79 Å². The van der Waals surface area contributed by atoms with Gasteiger partial charge >= 0.3 is 0 Å². The van der Waals surface area contributed by atoms with Crippen molar-refractivity contribution in [3.63, 3.8) is 0 Å². The molecule has 0 spiro atoms. The molecule has 1 aliphatic heterocycles. The van der Waals surface area contributed by atoms with Crippen LogP contribution in [0.2, 0.25) is 0 Å². The van der Waals surface area contributed by atoms with Gasteiger partial charge in [0.2, 0.25) is 5.91 Å². The second-order valence-corrected chi connectivity index (χ2v) is 6.45. The van der Waals surface area contributed by atoms with Gasteiger partial charge in [-0.2, -0.15) is 0 Å². The van der Waals surface area contributed by atoms with Crippen LogP contribution in [-0.2, 0) is 4.79 Å². The average Bonchev–Trinajstić information content (AvgIpc) is 2.88. The van der Waals surface area contributed by atoms with Crippen LogP contribution in [0.15, 0.2) is 18.2 Å². The molecule has 0 radical (unpaired) electrons. The van der Waals surface area contributed by atoms with E-state index in [1.54, 1.807) is 7.11 Å². The lowest BCUT2D eigenvalue weighted by Gasteiger charge is -2.26. The van der Waals surface area contributed by atoms with Gasteiger partial charge in [0.1, 0.15) is 5.75 Å². The van der Waals surface area contributed by atoms with Gasteiger partial charge in [-0.1, -0.05) is 11.3 Å². The van der Waals surface area contributed by atoms with E-state index in [2.05, 4.69) is 22.5 Å². The highest BCUT2D eigenvalue weighted by molar-refractivity contribution is 7.22. The Morgan fingerprint density at radius 1 is 1.52 bits per heavy atom. The maximum absolute atomic E-state index is 12.3. The molecule has 1 amide bonds. The van der Waals surface area contributed by atoms with E-state index in [0.717, 1.165) is 35.4 Å². The molecular formula is C15H19N3O2S. The van der Waals surface area contributed by atoms with Gasteiger partial charge in [0.25, 0.3) is 0 Å². The number of benzene rings is 1. The molecule has 2 atom stereocenters. The first-order valence-electron chi connectivity index (χ1n) is 7.14. The number of methoxy groups -OCH3 is 1. The Labute approximate surface area is 127 Å². The molecule has 0 aliphatic carbocycles. The molecule has 1 saturated heterocycles. The number of thiazole rings is 1. The Hall–Kier alpha value is -1.66. The van der Waals surface area contributed by atoms with Crippen molar-refractivity contribution in [1.29, 1.82) is 0 Å². The van der Waals surface area contributed by atoms with Crippen molar-refractivity contribution in [2.24, 2.45) is 5.92 Å². The molecule has 1 fully saturated rings. The quantitative estimate of drug-likeness (QED) is 0.915. The third kappa shape index (κ3) is 3.16. The summed E-state index contributed by atoms with van der Waals surface area (Å²) in [4.78, 5) is 16.8. The summed E-state index contributed by atoms with van der Waals surface area (Å²) >= 11 is 1.48. The maximum atomic E-state index is 12.3. The van der Waals surface area contributed by atoms with Gasteiger partial charge in [0, 0.05) is 12.0 Å². The zero-order valence-corrected chi connectivity index (χ0v) is 13.0. The Morgan fingerprint density at radius 3 is 3.14 bits per heavy atom. The normalized spacial score (nSPS) is 22.2. The number of carbonyl (C=O) groups is 1. The SMILES string of the molecule is COc1ccc2nc(NC(=O)C3CCNC(C)C3)sc2c1. The van der Waals surface area contributed by atoms with Crippen molar-refractivity contribution >= 4 is 32.6 Å². The molecule has 112 valence electrons. The summed E-state index contributed by atoms with van der Waals surface area (Å²) in [6.45, 7) is 3.01. The number of nitrogens with zero attached hydrogens (tertiary/aromatic N) is 1. The lowest BCUT2D eigenvalue weighted by Crippen LogP contribution is -2.40.